The van der Waals surface area contributed by atoms with Gasteiger partial charge in [-0.05, 0) is 14.1 Å². The molecule has 0 saturated carbocycles. The predicted molar refractivity (Wildman–Crippen MR) is 84.2 cm³/mol. The first-order chi connectivity index (χ1) is 9.67. The second kappa shape index (κ2) is 5.87. The zero-order valence-electron chi connectivity index (χ0n) is 12.5. The van der Waals surface area contributed by atoms with E-state index in [2.05, 4.69) is 29.2 Å². The van der Waals surface area contributed by atoms with Crippen molar-refractivity contribution in [2.24, 2.45) is 0 Å². The zero-order valence-corrected chi connectivity index (χ0v) is 13.3. The van der Waals surface area contributed by atoms with Crippen molar-refractivity contribution in [1.82, 2.24) is 19.8 Å². The molecule has 1 unspecified atom stereocenters. The van der Waals surface area contributed by atoms with Crippen molar-refractivity contribution in [3.8, 4) is 0 Å². The van der Waals surface area contributed by atoms with Gasteiger partial charge in [-0.1, -0.05) is 0 Å². The van der Waals surface area contributed by atoms with Crippen LogP contribution in [-0.4, -0.2) is 66.6 Å². The van der Waals surface area contributed by atoms with Gasteiger partial charge in [0.15, 0.2) is 0 Å². The second-order valence-corrected chi connectivity index (χ2v) is 6.74. The first kappa shape index (κ1) is 14.1. The maximum atomic E-state index is 4.80. The highest BCUT2D eigenvalue weighted by atomic mass is 32.2. The molecule has 0 spiro atoms. The number of fused-ring (bicyclic) bond motifs is 1. The maximum absolute atomic E-state index is 4.80. The number of thioether (sulfide) groups is 1. The van der Waals surface area contributed by atoms with E-state index in [-0.39, 0.29) is 0 Å². The van der Waals surface area contributed by atoms with Gasteiger partial charge in [0.1, 0.15) is 11.6 Å². The summed E-state index contributed by atoms with van der Waals surface area (Å²) in [4.78, 5) is 14.4. The van der Waals surface area contributed by atoms with E-state index >= 15 is 0 Å². The topological polar surface area (TPSA) is 44.3 Å². The number of likely N-dealkylation sites (N-methyl/N-ethyl adjacent to an activating group) is 2. The molecule has 3 rings (SSSR count). The molecule has 1 fully saturated rings. The molecule has 1 saturated heterocycles. The Hall–Kier alpha value is -0.850. The molecule has 20 heavy (non-hydrogen) atoms. The average Bonchev–Trinajstić information content (AvgIpc) is 2.90. The molecule has 0 bridgehead atoms. The van der Waals surface area contributed by atoms with E-state index in [9.17, 15) is 0 Å². The van der Waals surface area contributed by atoms with Gasteiger partial charge in [-0.25, -0.2) is 9.97 Å². The van der Waals surface area contributed by atoms with Crippen LogP contribution in [0.3, 0.4) is 0 Å². The molecular formula is C14H23N5S. The lowest BCUT2D eigenvalue weighted by Gasteiger charge is -2.37. The third-order valence-electron chi connectivity index (χ3n) is 4.26. The molecule has 2 aliphatic heterocycles. The van der Waals surface area contributed by atoms with Gasteiger partial charge in [0, 0.05) is 56.2 Å². The number of hydrogen-bond acceptors (Lipinski definition) is 6. The van der Waals surface area contributed by atoms with Gasteiger partial charge < -0.3 is 15.1 Å². The van der Waals surface area contributed by atoms with Gasteiger partial charge in [0.05, 0.1) is 5.69 Å². The van der Waals surface area contributed by atoms with Crippen molar-refractivity contribution in [2.75, 3.05) is 46.1 Å². The summed E-state index contributed by atoms with van der Waals surface area (Å²) in [6.45, 7) is 3.37. The van der Waals surface area contributed by atoms with Crippen molar-refractivity contribution >= 4 is 17.6 Å². The van der Waals surface area contributed by atoms with Gasteiger partial charge >= 0.3 is 0 Å². The van der Waals surface area contributed by atoms with Crippen molar-refractivity contribution in [3.05, 3.63) is 17.1 Å². The molecule has 1 aromatic heterocycles. The van der Waals surface area contributed by atoms with Crippen LogP contribution in [0.25, 0.3) is 0 Å². The van der Waals surface area contributed by atoms with Crippen LogP contribution in [-0.2, 0) is 17.9 Å². The monoisotopic (exact) mass is 293 g/mol. The van der Waals surface area contributed by atoms with Crippen molar-refractivity contribution in [2.45, 2.75) is 24.0 Å². The lowest BCUT2D eigenvalue weighted by Crippen LogP contribution is -2.51. The maximum Gasteiger partial charge on any atom is 0.133 e. The Morgan fingerprint density at radius 3 is 2.90 bits per heavy atom. The summed E-state index contributed by atoms with van der Waals surface area (Å²) in [6.07, 6.45) is 0.938. The van der Waals surface area contributed by atoms with E-state index in [1.165, 1.54) is 11.3 Å². The van der Waals surface area contributed by atoms with Gasteiger partial charge in [-0.3, -0.25) is 0 Å². The van der Waals surface area contributed by atoms with E-state index in [1.807, 2.05) is 18.8 Å². The minimum absolute atomic E-state index is 0.519. The number of nitrogens with zero attached hydrogens (tertiary/aromatic N) is 4. The quantitative estimate of drug-likeness (QED) is 0.899. The first-order valence-electron chi connectivity index (χ1n) is 7.20. The van der Waals surface area contributed by atoms with Crippen LogP contribution in [0.1, 0.15) is 17.1 Å². The van der Waals surface area contributed by atoms with Crippen LogP contribution in [0.5, 0.6) is 0 Å². The van der Waals surface area contributed by atoms with Gasteiger partial charge in [-0.15, -0.1) is 0 Å². The fourth-order valence-electron chi connectivity index (χ4n) is 2.93. The van der Waals surface area contributed by atoms with Gasteiger partial charge in [0.25, 0.3) is 0 Å². The summed E-state index contributed by atoms with van der Waals surface area (Å²) in [5.41, 5.74) is 2.53. The molecule has 0 radical (unpaired) electrons. The molecule has 0 amide bonds. The summed E-state index contributed by atoms with van der Waals surface area (Å²) in [5.74, 6) is 4.09. The summed E-state index contributed by atoms with van der Waals surface area (Å²) in [7, 11) is 6.36. The predicted octanol–water partition coefficient (Wildman–Crippen LogP) is 1.05. The molecule has 3 heterocycles. The molecule has 2 aliphatic rings. The molecular weight excluding hydrogens is 270 g/mol. The molecule has 1 atom stereocenters. The van der Waals surface area contributed by atoms with Crippen LogP contribution >= 0.6 is 11.8 Å². The Labute approximate surface area is 125 Å². The van der Waals surface area contributed by atoms with E-state index in [0.29, 0.717) is 6.04 Å². The highest BCUT2D eigenvalue weighted by Gasteiger charge is 2.25. The lowest BCUT2D eigenvalue weighted by molar-refractivity contribution is 0.113. The second-order valence-electron chi connectivity index (χ2n) is 5.76. The van der Waals surface area contributed by atoms with E-state index in [0.717, 1.165) is 49.2 Å². The molecule has 0 aromatic carbocycles. The lowest BCUT2D eigenvalue weighted by atomic mass is 10.1. The van der Waals surface area contributed by atoms with Gasteiger partial charge in [-0.2, -0.15) is 11.8 Å². The van der Waals surface area contributed by atoms with E-state index in [4.69, 9.17) is 9.97 Å². The first-order valence-corrected chi connectivity index (χ1v) is 8.35. The molecule has 5 nitrogen and oxygen atoms in total. The van der Waals surface area contributed by atoms with Crippen LogP contribution in [0.4, 0.5) is 5.82 Å². The van der Waals surface area contributed by atoms with Crippen LogP contribution in [0, 0.1) is 0 Å². The van der Waals surface area contributed by atoms with E-state index < -0.39 is 0 Å². The van der Waals surface area contributed by atoms with Gasteiger partial charge in [0.2, 0.25) is 0 Å². The summed E-state index contributed by atoms with van der Waals surface area (Å²) < 4.78 is 0. The Kier molecular flexibility index (Phi) is 4.14. The number of anilines is 1. The number of aromatic nitrogens is 2. The minimum Gasteiger partial charge on any atom is -0.373 e. The summed E-state index contributed by atoms with van der Waals surface area (Å²) >= 11 is 1.93. The number of nitrogens with one attached hydrogen (secondary N) is 1. The third-order valence-corrected chi connectivity index (χ3v) is 5.23. The van der Waals surface area contributed by atoms with Crippen molar-refractivity contribution in [1.29, 1.82) is 0 Å². The number of rotatable bonds is 3. The Morgan fingerprint density at radius 2 is 2.10 bits per heavy atom. The third kappa shape index (κ3) is 2.77. The van der Waals surface area contributed by atoms with Crippen LogP contribution < -0.4 is 5.32 Å². The Morgan fingerprint density at radius 1 is 1.25 bits per heavy atom. The number of piperazine rings is 1. The molecule has 6 heteroatoms. The number of hydrogen-bond donors (Lipinski definition) is 1. The van der Waals surface area contributed by atoms with Crippen molar-refractivity contribution < 1.29 is 0 Å². The largest absolute Gasteiger partial charge is 0.373 e. The minimum atomic E-state index is 0.519. The molecule has 110 valence electrons. The van der Waals surface area contributed by atoms with Crippen molar-refractivity contribution in [3.63, 3.8) is 0 Å². The summed E-state index contributed by atoms with van der Waals surface area (Å²) in [5, 5.41) is 3.24. The highest BCUT2D eigenvalue weighted by Crippen LogP contribution is 2.32. The molecule has 1 aromatic rings. The molecule has 1 N–H and O–H groups in total. The summed E-state index contributed by atoms with van der Waals surface area (Å²) in [6, 6.07) is 0.519. The highest BCUT2D eigenvalue weighted by molar-refractivity contribution is 7.98. The normalized spacial score (nSPS) is 23.9. The smallest absolute Gasteiger partial charge is 0.133 e. The standard InChI is InChI=1S/C14H23N5S/c1-15-14-11-8-20-9-12(11)16-13(17-14)6-10-7-18(2)4-5-19(10)3/h10H,4-9H2,1-3H3,(H,15,16,17). The zero-order chi connectivity index (χ0) is 14.1. The Balaban J connectivity index is 1.80. The molecule has 0 aliphatic carbocycles. The Bertz CT molecular complexity index is 493. The fraction of sp³-hybridized carbons (Fsp3) is 0.714. The fourth-order valence-corrected chi connectivity index (χ4v) is 3.97. The van der Waals surface area contributed by atoms with Crippen LogP contribution in [0.2, 0.25) is 0 Å². The average molecular weight is 293 g/mol. The van der Waals surface area contributed by atoms with Crippen LogP contribution in [0.15, 0.2) is 0 Å². The van der Waals surface area contributed by atoms with E-state index in [1.54, 1.807) is 0 Å². The SMILES string of the molecule is CNc1nc(CC2CN(C)CCN2C)nc2c1CSC2.